The molecule has 0 aliphatic heterocycles. The number of hydrogen-bond donors (Lipinski definition) is 2. The van der Waals surface area contributed by atoms with E-state index in [0.29, 0.717) is 18.9 Å². The largest absolute Gasteiger partial charge is 0.397 e. The minimum Gasteiger partial charge on any atom is -0.397 e. The summed E-state index contributed by atoms with van der Waals surface area (Å²) in [7, 11) is 0. The van der Waals surface area contributed by atoms with Crippen LogP contribution < -0.4 is 11.1 Å². The number of nitrogens with two attached hydrogens (primary N) is 1. The van der Waals surface area contributed by atoms with E-state index in [1.807, 2.05) is 6.92 Å². The molecule has 4 nitrogen and oxygen atoms in total. The van der Waals surface area contributed by atoms with Crippen LogP contribution in [0.15, 0.2) is 18.2 Å². The molecule has 1 aliphatic carbocycles. The van der Waals surface area contributed by atoms with Crippen LogP contribution in [0.3, 0.4) is 0 Å². The number of ether oxygens (including phenoxy) is 1. The molecule has 1 fully saturated rings. The van der Waals surface area contributed by atoms with Crippen LogP contribution in [0.1, 0.15) is 26.2 Å². The van der Waals surface area contributed by atoms with Crippen molar-refractivity contribution in [3.05, 3.63) is 24.0 Å². The first-order valence-corrected chi connectivity index (χ1v) is 6.55. The third-order valence-corrected chi connectivity index (χ3v) is 3.38. The second-order valence-corrected chi connectivity index (χ2v) is 4.87. The fourth-order valence-electron chi connectivity index (χ4n) is 2.34. The Labute approximate surface area is 112 Å². The number of nitrogens with one attached hydrogen (secondary N) is 1. The predicted octanol–water partition coefficient (Wildman–Crippen LogP) is 2.55. The van der Waals surface area contributed by atoms with Crippen LogP contribution in [0.25, 0.3) is 0 Å². The number of carbonyl (C=O) groups is 1. The van der Waals surface area contributed by atoms with E-state index in [2.05, 4.69) is 5.32 Å². The molecule has 0 atom stereocenters. The van der Waals surface area contributed by atoms with E-state index in [-0.39, 0.29) is 23.4 Å². The van der Waals surface area contributed by atoms with Crippen molar-refractivity contribution in [3.63, 3.8) is 0 Å². The van der Waals surface area contributed by atoms with Crippen molar-refractivity contribution in [2.45, 2.75) is 32.3 Å². The van der Waals surface area contributed by atoms with Crippen LogP contribution in [-0.2, 0) is 9.53 Å². The number of anilines is 2. The third kappa shape index (κ3) is 3.44. The van der Waals surface area contributed by atoms with Gasteiger partial charge in [-0.3, -0.25) is 4.79 Å². The lowest BCUT2D eigenvalue weighted by Crippen LogP contribution is -2.34. The van der Waals surface area contributed by atoms with Crippen molar-refractivity contribution in [2.75, 3.05) is 17.7 Å². The molecule has 0 radical (unpaired) electrons. The van der Waals surface area contributed by atoms with Gasteiger partial charge in [0.2, 0.25) is 5.91 Å². The topological polar surface area (TPSA) is 64.3 Å². The van der Waals surface area contributed by atoms with Crippen LogP contribution >= 0.6 is 0 Å². The van der Waals surface area contributed by atoms with Crippen LogP contribution in [-0.4, -0.2) is 18.6 Å². The smallest absolute Gasteiger partial charge is 0.224 e. The zero-order chi connectivity index (χ0) is 13.8. The highest BCUT2D eigenvalue weighted by Gasteiger charge is 2.31. The van der Waals surface area contributed by atoms with Gasteiger partial charge < -0.3 is 15.8 Å². The summed E-state index contributed by atoms with van der Waals surface area (Å²) in [4.78, 5) is 11.8. The number of halogens is 1. The Morgan fingerprint density at radius 2 is 2.26 bits per heavy atom. The molecular formula is C14H19FN2O2. The van der Waals surface area contributed by atoms with Gasteiger partial charge in [-0.2, -0.15) is 0 Å². The van der Waals surface area contributed by atoms with E-state index in [1.165, 1.54) is 12.1 Å². The third-order valence-electron chi connectivity index (χ3n) is 3.38. The van der Waals surface area contributed by atoms with Gasteiger partial charge in [0.1, 0.15) is 11.5 Å². The zero-order valence-electron chi connectivity index (χ0n) is 11.0. The van der Waals surface area contributed by atoms with E-state index < -0.39 is 5.82 Å². The molecule has 2 rings (SSSR count). The summed E-state index contributed by atoms with van der Waals surface area (Å²) in [6.45, 7) is 2.66. The molecule has 5 heteroatoms. The molecule has 0 saturated heterocycles. The molecule has 1 aromatic rings. The Kier molecular flexibility index (Phi) is 4.37. The van der Waals surface area contributed by atoms with Gasteiger partial charge in [-0.05, 0) is 37.8 Å². The summed E-state index contributed by atoms with van der Waals surface area (Å²) >= 11 is 0. The highest BCUT2D eigenvalue weighted by Crippen LogP contribution is 2.33. The van der Waals surface area contributed by atoms with Gasteiger partial charge in [0.15, 0.2) is 0 Å². The molecular weight excluding hydrogens is 247 g/mol. The Balaban J connectivity index is 1.82. The van der Waals surface area contributed by atoms with E-state index in [9.17, 15) is 9.18 Å². The van der Waals surface area contributed by atoms with Gasteiger partial charge in [-0.1, -0.05) is 6.07 Å². The quantitative estimate of drug-likeness (QED) is 0.805. The fraction of sp³-hybridized carbons (Fsp3) is 0.500. The Bertz CT molecular complexity index is 439. The van der Waals surface area contributed by atoms with Crippen LogP contribution in [0.4, 0.5) is 15.8 Å². The lowest BCUT2D eigenvalue weighted by molar-refractivity contribution is -0.119. The van der Waals surface area contributed by atoms with Crippen molar-refractivity contribution in [1.29, 1.82) is 0 Å². The molecule has 1 aliphatic rings. The maximum Gasteiger partial charge on any atom is 0.224 e. The number of rotatable bonds is 5. The fourth-order valence-corrected chi connectivity index (χ4v) is 2.34. The Hall–Kier alpha value is -1.62. The van der Waals surface area contributed by atoms with Crippen LogP contribution in [0, 0.1) is 11.7 Å². The Morgan fingerprint density at radius 3 is 2.89 bits per heavy atom. The highest BCUT2D eigenvalue weighted by molar-refractivity contribution is 5.94. The van der Waals surface area contributed by atoms with Gasteiger partial charge >= 0.3 is 0 Å². The van der Waals surface area contributed by atoms with Gasteiger partial charge in [-0.25, -0.2) is 4.39 Å². The zero-order valence-corrected chi connectivity index (χ0v) is 11.0. The number of nitrogen functional groups attached to an aromatic ring is 1. The maximum absolute atomic E-state index is 13.5. The van der Waals surface area contributed by atoms with Gasteiger partial charge in [0.25, 0.3) is 0 Å². The SMILES string of the molecule is CCOC1CC(CC(=O)Nc2c(N)cccc2F)C1. The summed E-state index contributed by atoms with van der Waals surface area (Å²) in [6, 6.07) is 4.35. The second kappa shape index (κ2) is 6.02. The van der Waals surface area contributed by atoms with E-state index in [4.69, 9.17) is 10.5 Å². The van der Waals surface area contributed by atoms with Gasteiger partial charge in [0.05, 0.1) is 11.8 Å². The van der Waals surface area contributed by atoms with E-state index in [0.717, 1.165) is 12.8 Å². The summed E-state index contributed by atoms with van der Waals surface area (Å²) < 4.78 is 18.9. The lowest BCUT2D eigenvalue weighted by Gasteiger charge is -2.34. The van der Waals surface area contributed by atoms with Crippen molar-refractivity contribution in [1.82, 2.24) is 0 Å². The molecule has 0 unspecified atom stereocenters. The maximum atomic E-state index is 13.5. The molecule has 1 aromatic carbocycles. The molecule has 3 N–H and O–H groups in total. The minimum atomic E-state index is -0.505. The van der Waals surface area contributed by atoms with Crippen LogP contribution in [0.2, 0.25) is 0 Å². The molecule has 0 spiro atoms. The number of para-hydroxylation sites is 1. The number of hydrogen-bond acceptors (Lipinski definition) is 3. The molecule has 104 valence electrons. The normalized spacial score (nSPS) is 21.8. The lowest BCUT2D eigenvalue weighted by atomic mass is 9.80. The van der Waals surface area contributed by atoms with Crippen molar-refractivity contribution in [3.8, 4) is 0 Å². The summed E-state index contributed by atoms with van der Waals surface area (Å²) in [5.41, 5.74) is 5.96. The average Bonchev–Trinajstić information content (AvgIpc) is 2.31. The van der Waals surface area contributed by atoms with Gasteiger partial charge in [-0.15, -0.1) is 0 Å². The molecule has 1 saturated carbocycles. The van der Waals surface area contributed by atoms with Crippen molar-refractivity contribution in [2.24, 2.45) is 5.92 Å². The van der Waals surface area contributed by atoms with Gasteiger partial charge in [0, 0.05) is 13.0 Å². The Morgan fingerprint density at radius 1 is 1.53 bits per heavy atom. The highest BCUT2D eigenvalue weighted by atomic mass is 19.1. The van der Waals surface area contributed by atoms with Crippen molar-refractivity contribution < 1.29 is 13.9 Å². The standard InChI is InChI=1S/C14H19FN2O2/c1-2-19-10-6-9(7-10)8-13(18)17-14-11(15)4-3-5-12(14)16/h3-5,9-10H,2,6-8,16H2,1H3,(H,17,18). The van der Waals surface area contributed by atoms with Crippen LogP contribution in [0.5, 0.6) is 0 Å². The first kappa shape index (κ1) is 13.8. The first-order chi connectivity index (χ1) is 9.10. The van der Waals surface area contributed by atoms with Crippen molar-refractivity contribution >= 4 is 17.3 Å². The second-order valence-electron chi connectivity index (χ2n) is 4.87. The molecule has 0 aromatic heterocycles. The first-order valence-electron chi connectivity index (χ1n) is 6.55. The summed E-state index contributed by atoms with van der Waals surface area (Å²) in [5, 5.41) is 2.54. The number of amides is 1. The number of benzene rings is 1. The number of carbonyl (C=O) groups excluding carboxylic acids is 1. The summed E-state index contributed by atoms with van der Waals surface area (Å²) in [5.74, 6) is -0.379. The van der Waals surface area contributed by atoms with E-state index >= 15 is 0 Å². The van der Waals surface area contributed by atoms with E-state index in [1.54, 1.807) is 6.07 Å². The molecule has 1 amide bonds. The molecule has 0 bridgehead atoms. The monoisotopic (exact) mass is 266 g/mol. The minimum absolute atomic E-state index is 0.0770. The summed E-state index contributed by atoms with van der Waals surface area (Å²) in [6.07, 6.45) is 2.46. The predicted molar refractivity (Wildman–Crippen MR) is 72.2 cm³/mol. The molecule has 0 heterocycles. The molecule has 19 heavy (non-hydrogen) atoms. The average molecular weight is 266 g/mol.